The molecule has 19 heavy (non-hydrogen) atoms. The van der Waals surface area contributed by atoms with Crippen LogP contribution in [0.25, 0.3) is 0 Å². The summed E-state index contributed by atoms with van der Waals surface area (Å²) in [7, 11) is 0. The summed E-state index contributed by atoms with van der Waals surface area (Å²) in [6.07, 6.45) is 2.13. The van der Waals surface area contributed by atoms with Gasteiger partial charge in [-0.3, -0.25) is 4.79 Å². The van der Waals surface area contributed by atoms with Gasteiger partial charge in [-0.25, -0.2) is 4.98 Å². The Labute approximate surface area is 121 Å². The SMILES string of the molecule is C=CCN(Cc1cccs1)C(=O)Cc1csc(C)n1. The topological polar surface area (TPSA) is 33.2 Å². The Morgan fingerprint density at radius 2 is 2.37 bits per heavy atom. The molecule has 5 heteroatoms. The maximum Gasteiger partial charge on any atom is 0.229 e. The Hall–Kier alpha value is -1.46. The predicted molar refractivity (Wildman–Crippen MR) is 80.5 cm³/mol. The molecule has 3 nitrogen and oxygen atoms in total. The summed E-state index contributed by atoms with van der Waals surface area (Å²) < 4.78 is 0. The highest BCUT2D eigenvalue weighted by Gasteiger charge is 2.15. The number of aryl methyl sites for hydroxylation is 1. The lowest BCUT2D eigenvalue weighted by molar-refractivity contribution is -0.130. The maximum atomic E-state index is 12.3. The molecule has 0 atom stereocenters. The quantitative estimate of drug-likeness (QED) is 0.766. The summed E-state index contributed by atoms with van der Waals surface area (Å²) in [6, 6.07) is 4.04. The van der Waals surface area contributed by atoms with E-state index in [2.05, 4.69) is 11.6 Å². The third-order valence-corrected chi connectivity index (χ3v) is 4.31. The summed E-state index contributed by atoms with van der Waals surface area (Å²) in [5.74, 6) is 0.0959. The third kappa shape index (κ3) is 4.01. The van der Waals surface area contributed by atoms with Crippen LogP contribution in [0.5, 0.6) is 0 Å². The second-order valence-electron chi connectivity index (χ2n) is 4.18. The van der Waals surface area contributed by atoms with Gasteiger partial charge in [-0.15, -0.1) is 29.3 Å². The van der Waals surface area contributed by atoms with E-state index in [4.69, 9.17) is 0 Å². The van der Waals surface area contributed by atoms with Crippen molar-refractivity contribution < 1.29 is 4.79 Å². The van der Waals surface area contributed by atoms with Crippen LogP contribution in [0.1, 0.15) is 15.6 Å². The normalized spacial score (nSPS) is 10.4. The molecule has 0 saturated carbocycles. The number of hydrogen-bond donors (Lipinski definition) is 0. The molecule has 0 unspecified atom stereocenters. The Morgan fingerprint density at radius 3 is 2.95 bits per heavy atom. The van der Waals surface area contributed by atoms with Crippen LogP contribution < -0.4 is 0 Å². The van der Waals surface area contributed by atoms with Crippen molar-refractivity contribution in [3.8, 4) is 0 Å². The lowest BCUT2D eigenvalue weighted by Crippen LogP contribution is -2.31. The fourth-order valence-corrected chi connectivity index (χ4v) is 3.09. The monoisotopic (exact) mass is 292 g/mol. The molecule has 2 aromatic rings. The second kappa shape index (κ2) is 6.63. The van der Waals surface area contributed by atoms with E-state index >= 15 is 0 Å². The molecule has 0 aliphatic rings. The van der Waals surface area contributed by atoms with E-state index in [-0.39, 0.29) is 5.91 Å². The van der Waals surface area contributed by atoms with Crippen molar-refractivity contribution in [2.75, 3.05) is 6.54 Å². The summed E-state index contributed by atoms with van der Waals surface area (Å²) in [5.41, 5.74) is 0.854. The Bertz CT molecular complexity index is 546. The van der Waals surface area contributed by atoms with Crippen LogP contribution in [-0.2, 0) is 17.8 Å². The Balaban J connectivity index is 2.01. The number of carbonyl (C=O) groups is 1. The predicted octanol–water partition coefficient (Wildman–Crippen LogP) is 3.27. The molecule has 0 aliphatic carbocycles. The number of aromatic nitrogens is 1. The Morgan fingerprint density at radius 1 is 1.53 bits per heavy atom. The van der Waals surface area contributed by atoms with Crippen LogP contribution in [0.15, 0.2) is 35.5 Å². The molecular formula is C14H16N2OS2. The fourth-order valence-electron chi connectivity index (χ4n) is 1.76. The number of rotatable bonds is 6. The zero-order chi connectivity index (χ0) is 13.7. The van der Waals surface area contributed by atoms with Gasteiger partial charge in [0.25, 0.3) is 0 Å². The van der Waals surface area contributed by atoms with E-state index in [0.717, 1.165) is 10.7 Å². The van der Waals surface area contributed by atoms with Gasteiger partial charge in [-0.2, -0.15) is 0 Å². The summed E-state index contributed by atoms with van der Waals surface area (Å²) in [5, 5.41) is 4.97. The third-order valence-electron chi connectivity index (χ3n) is 2.63. The minimum absolute atomic E-state index is 0.0959. The number of nitrogens with zero attached hydrogens (tertiary/aromatic N) is 2. The molecule has 2 aromatic heterocycles. The van der Waals surface area contributed by atoms with Gasteiger partial charge in [0.2, 0.25) is 5.91 Å². The molecule has 0 fully saturated rings. The van der Waals surface area contributed by atoms with Crippen molar-refractivity contribution in [2.45, 2.75) is 19.9 Å². The fraction of sp³-hybridized carbons (Fsp3) is 0.286. The largest absolute Gasteiger partial charge is 0.334 e. The molecule has 2 heterocycles. The first-order valence-electron chi connectivity index (χ1n) is 6.01. The molecular weight excluding hydrogens is 276 g/mol. The van der Waals surface area contributed by atoms with Crippen LogP contribution >= 0.6 is 22.7 Å². The molecule has 2 rings (SSSR count). The van der Waals surface area contributed by atoms with Crippen molar-refractivity contribution in [1.82, 2.24) is 9.88 Å². The summed E-state index contributed by atoms with van der Waals surface area (Å²) >= 11 is 3.24. The molecule has 0 N–H and O–H groups in total. The van der Waals surface area contributed by atoms with Gasteiger partial charge in [0, 0.05) is 16.8 Å². The van der Waals surface area contributed by atoms with Crippen molar-refractivity contribution in [2.24, 2.45) is 0 Å². The van der Waals surface area contributed by atoms with Gasteiger partial charge < -0.3 is 4.90 Å². The molecule has 0 aromatic carbocycles. The minimum Gasteiger partial charge on any atom is -0.334 e. The van der Waals surface area contributed by atoms with E-state index < -0.39 is 0 Å². The molecule has 0 radical (unpaired) electrons. The van der Waals surface area contributed by atoms with Crippen molar-refractivity contribution in [1.29, 1.82) is 0 Å². The zero-order valence-electron chi connectivity index (χ0n) is 10.8. The zero-order valence-corrected chi connectivity index (χ0v) is 12.5. The first-order valence-corrected chi connectivity index (χ1v) is 7.77. The van der Waals surface area contributed by atoms with Crippen LogP contribution in [0, 0.1) is 6.92 Å². The van der Waals surface area contributed by atoms with E-state index in [9.17, 15) is 4.79 Å². The van der Waals surface area contributed by atoms with Crippen LogP contribution in [0.3, 0.4) is 0 Å². The van der Waals surface area contributed by atoms with Crippen LogP contribution in [-0.4, -0.2) is 22.3 Å². The number of hydrogen-bond acceptors (Lipinski definition) is 4. The molecule has 0 saturated heterocycles. The van der Waals surface area contributed by atoms with Gasteiger partial charge in [-0.05, 0) is 18.4 Å². The van der Waals surface area contributed by atoms with Gasteiger partial charge in [0.05, 0.1) is 23.7 Å². The average molecular weight is 292 g/mol. The number of thiazole rings is 1. The number of carbonyl (C=O) groups excluding carboxylic acids is 1. The molecule has 0 aliphatic heterocycles. The lowest BCUT2D eigenvalue weighted by Gasteiger charge is -2.20. The first-order chi connectivity index (χ1) is 9.19. The van der Waals surface area contributed by atoms with E-state index in [1.807, 2.05) is 34.7 Å². The second-order valence-corrected chi connectivity index (χ2v) is 6.27. The van der Waals surface area contributed by atoms with Crippen LogP contribution in [0.2, 0.25) is 0 Å². The molecule has 0 bridgehead atoms. The first kappa shape index (κ1) is 14.0. The highest BCUT2D eigenvalue weighted by molar-refractivity contribution is 7.10. The van der Waals surface area contributed by atoms with E-state index in [1.165, 1.54) is 4.88 Å². The van der Waals surface area contributed by atoms with E-state index in [1.54, 1.807) is 28.7 Å². The molecule has 100 valence electrons. The molecule has 0 spiro atoms. The van der Waals surface area contributed by atoms with Crippen molar-refractivity contribution in [3.05, 3.63) is 51.1 Å². The van der Waals surface area contributed by atoms with Gasteiger partial charge in [0.15, 0.2) is 0 Å². The molecule has 1 amide bonds. The smallest absolute Gasteiger partial charge is 0.229 e. The number of amides is 1. The minimum atomic E-state index is 0.0959. The van der Waals surface area contributed by atoms with E-state index in [0.29, 0.717) is 19.5 Å². The summed E-state index contributed by atoms with van der Waals surface area (Å²) in [4.78, 5) is 19.6. The highest BCUT2D eigenvalue weighted by atomic mass is 32.1. The number of thiophene rings is 1. The van der Waals surface area contributed by atoms with Crippen LogP contribution in [0.4, 0.5) is 0 Å². The van der Waals surface area contributed by atoms with Gasteiger partial charge in [0.1, 0.15) is 0 Å². The van der Waals surface area contributed by atoms with Gasteiger partial charge in [-0.1, -0.05) is 12.1 Å². The highest BCUT2D eigenvalue weighted by Crippen LogP contribution is 2.14. The Kier molecular flexibility index (Phi) is 4.87. The lowest BCUT2D eigenvalue weighted by atomic mass is 10.3. The maximum absolute atomic E-state index is 12.3. The average Bonchev–Trinajstić information content (AvgIpc) is 3.01. The van der Waals surface area contributed by atoms with Gasteiger partial charge >= 0.3 is 0 Å². The standard InChI is InChI=1S/C14H16N2OS2/c1-3-6-16(9-13-5-4-7-18-13)14(17)8-12-10-19-11(2)15-12/h3-5,7,10H,1,6,8-9H2,2H3. The van der Waals surface area contributed by atoms with Crippen molar-refractivity contribution >= 4 is 28.6 Å². The summed E-state index contributed by atoms with van der Waals surface area (Å²) in [6.45, 7) is 6.88. The van der Waals surface area contributed by atoms with Crippen molar-refractivity contribution in [3.63, 3.8) is 0 Å².